The number of amides is 2. The van der Waals surface area contributed by atoms with Crippen LogP contribution in [0.3, 0.4) is 0 Å². The summed E-state index contributed by atoms with van der Waals surface area (Å²) in [5.74, 6) is -0.699. The Balaban J connectivity index is 1.16. The summed E-state index contributed by atoms with van der Waals surface area (Å²) in [6.45, 7) is 3.63. The molecule has 1 aromatic heterocycles. The first kappa shape index (κ1) is 23.1. The number of ether oxygens (including phenoxy) is 1. The van der Waals surface area contributed by atoms with Crippen molar-refractivity contribution in [3.63, 3.8) is 0 Å². The van der Waals surface area contributed by atoms with Crippen molar-refractivity contribution in [1.82, 2.24) is 9.88 Å². The highest BCUT2D eigenvalue weighted by Crippen LogP contribution is 2.27. The van der Waals surface area contributed by atoms with Gasteiger partial charge in [-0.05, 0) is 79.7 Å². The molecule has 2 amide bonds. The number of hydrogen-bond donors (Lipinski definition) is 2. The first-order chi connectivity index (χ1) is 18.0. The minimum absolute atomic E-state index is 0.0248. The molecule has 2 N–H and O–H groups in total. The first-order valence-electron chi connectivity index (χ1n) is 12.3. The van der Waals surface area contributed by atoms with Crippen molar-refractivity contribution >= 4 is 34.1 Å². The highest BCUT2D eigenvalue weighted by atomic mass is 19.1. The molecule has 0 atom stereocenters. The van der Waals surface area contributed by atoms with E-state index in [4.69, 9.17) is 9.72 Å². The molecule has 0 radical (unpaired) electrons. The van der Waals surface area contributed by atoms with Gasteiger partial charge in [0.25, 0.3) is 11.8 Å². The summed E-state index contributed by atoms with van der Waals surface area (Å²) in [5, 5.41) is 6.21. The maximum Gasteiger partial charge on any atom is 0.255 e. The van der Waals surface area contributed by atoms with Crippen LogP contribution >= 0.6 is 0 Å². The largest absolute Gasteiger partial charge is 0.493 e. The van der Waals surface area contributed by atoms with Crippen molar-refractivity contribution < 1.29 is 18.7 Å². The summed E-state index contributed by atoms with van der Waals surface area (Å²) in [5.41, 5.74) is 4.04. The lowest BCUT2D eigenvalue weighted by molar-refractivity contribution is 0.101. The van der Waals surface area contributed by atoms with Crippen molar-refractivity contribution in [2.45, 2.75) is 19.4 Å². The second kappa shape index (κ2) is 9.63. The summed E-state index contributed by atoms with van der Waals surface area (Å²) in [4.78, 5) is 32.7. The molecule has 2 aliphatic heterocycles. The van der Waals surface area contributed by atoms with Crippen LogP contribution in [0.15, 0.2) is 66.7 Å². The third-order valence-electron chi connectivity index (χ3n) is 6.77. The van der Waals surface area contributed by atoms with E-state index < -0.39 is 11.7 Å². The number of aromatic nitrogens is 1. The molecular formula is C29H25FN4O3. The lowest BCUT2D eigenvalue weighted by Crippen LogP contribution is -2.36. The highest BCUT2D eigenvalue weighted by Gasteiger charge is 2.17. The van der Waals surface area contributed by atoms with Crippen molar-refractivity contribution in [3.05, 3.63) is 94.9 Å². The molecule has 0 unspecified atom stereocenters. The number of nitrogens with one attached hydrogen (secondary N) is 2. The minimum Gasteiger partial charge on any atom is -0.493 e. The van der Waals surface area contributed by atoms with Crippen molar-refractivity contribution in [2.24, 2.45) is 0 Å². The number of halogens is 1. The van der Waals surface area contributed by atoms with Gasteiger partial charge in [0.2, 0.25) is 0 Å². The van der Waals surface area contributed by atoms with Crippen molar-refractivity contribution in [2.75, 3.05) is 30.3 Å². The zero-order valence-corrected chi connectivity index (χ0v) is 20.1. The summed E-state index contributed by atoms with van der Waals surface area (Å²) in [6, 6.07) is 18.5. The second-order valence-corrected chi connectivity index (χ2v) is 9.36. The molecular weight excluding hydrogens is 471 g/mol. The first-order valence-corrected chi connectivity index (χ1v) is 12.3. The van der Waals surface area contributed by atoms with E-state index in [2.05, 4.69) is 15.5 Å². The third kappa shape index (κ3) is 4.88. The van der Waals surface area contributed by atoms with Crippen LogP contribution in [0.4, 0.5) is 15.8 Å². The highest BCUT2D eigenvalue weighted by molar-refractivity contribution is 6.07. The lowest BCUT2D eigenvalue weighted by atomic mass is 10.1. The Kier molecular flexibility index (Phi) is 6.02. The molecule has 0 bridgehead atoms. The van der Waals surface area contributed by atoms with Gasteiger partial charge in [0.15, 0.2) is 0 Å². The Bertz CT molecular complexity index is 1530. The number of benzene rings is 3. The number of pyridine rings is 1. The van der Waals surface area contributed by atoms with Crippen LogP contribution in [0.1, 0.15) is 38.4 Å². The normalized spacial score (nSPS) is 14.5. The van der Waals surface area contributed by atoms with Crippen molar-refractivity contribution in [3.8, 4) is 5.75 Å². The van der Waals surface area contributed by atoms with Gasteiger partial charge in [-0.15, -0.1) is 0 Å². The molecule has 1 saturated heterocycles. The standard InChI is InChI=1S/C29H25FN4O3/c30-24-8-7-22(32-28(35)21-3-2-18-10-13-37-27(18)15-21)16-26(24)33-29(36)20-5-9-25-19(14-20)4-6-23(31-25)17-34-11-1-12-34/h2-9,14-16H,1,10-13,17H2,(H,32,35)(H,33,36). The van der Waals surface area contributed by atoms with E-state index in [9.17, 15) is 14.0 Å². The molecule has 6 rings (SSSR count). The Morgan fingerprint density at radius 3 is 2.57 bits per heavy atom. The molecule has 3 heterocycles. The zero-order valence-electron chi connectivity index (χ0n) is 20.1. The Morgan fingerprint density at radius 2 is 1.73 bits per heavy atom. The molecule has 1 fully saturated rings. The molecule has 8 heteroatoms. The molecule has 4 aromatic rings. The molecule has 7 nitrogen and oxygen atoms in total. The van der Waals surface area contributed by atoms with Gasteiger partial charge < -0.3 is 15.4 Å². The van der Waals surface area contributed by atoms with E-state index in [0.29, 0.717) is 29.2 Å². The smallest absolute Gasteiger partial charge is 0.255 e. The van der Waals surface area contributed by atoms with Crippen LogP contribution in [0, 0.1) is 5.82 Å². The predicted molar refractivity (Wildman–Crippen MR) is 140 cm³/mol. The molecule has 37 heavy (non-hydrogen) atoms. The monoisotopic (exact) mass is 496 g/mol. The van der Waals surface area contributed by atoms with E-state index >= 15 is 0 Å². The average Bonchev–Trinajstić information content (AvgIpc) is 3.36. The molecule has 0 aliphatic carbocycles. The third-order valence-corrected chi connectivity index (χ3v) is 6.77. The summed E-state index contributed by atoms with van der Waals surface area (Å²) < 4.78 is 20.1. The fourth-order valence-corrected chi connectivity index (χ4v) is 4.57. The minimum atomic E-state index is -0.602. The zero-order chi connectivity index (χ0) is 25.4. The number of carbonyl (C=O) groups excluding carboxylic acids is 2. The lowest BCUT2D eigenvalue weighted by Gasteiger charge is -2.30. The van der Waals surface area contributed by atoms with E-state index in [0.717, 1.165) is 48.2 Å². The summed E-state index contributed by atoms with van der Waals surface area (Å²) in [7, 11) is 0. The Labute approximate surface area is 213 Å². The van der Waals surface area contributed by atoms with Crippen LogP contribution in [0.25, 0.3) is 10.9 Å². The fraction of sp³-hybridized carbons (Fsp3) is 0.207. The topological polar surface area (TPSA) is 83.6 Å². The molecule has 186 valence electrons. The van der Waals surface area contributed by atoms with Crippen LogP contribution in [0.2, 0.25) is 0 Å². The van der Waals surface area contributed by atoms with Crippen LogP contribution < -0.4 is 15.4 Å². The van der Waals surface area contributed by atoms with Crippen LogP contribution in [-0.2, 0) is 13.0 Å². The molecule has 3 aromatic carbocycles. The Morgan fingerprint density at radius 1 is 0.919 bits per heavy atom. The fourth-order valence-electron chi connectivity index (χ4n) is 4.57. The number of carbonyl (C=O) groups is 2. The van der Waals surface area contributed by atoms with Gasteiger partial charge in [-0.2, -0.15) is 0 Å². The number of fused-ring (bicyclic) bond motifs is 2. The SMILES string of the molecule is O=C(Nc1ccc(F)c(NC(=O)c2ccc3nc(CN4CCC4)ccc3c2)c1)c1ccc2c(c1)OCC2. The van der Waals surface area contributed by atoms with Crippen LogP contribution in [-0.4, -0.2) is 41.4 Å². The number of likely N-dealkylation sites (tertiary alicyclic amines) is 1. The summed E-state index contributed by atoms with van der Waals surface area (Å²) >= 11 is 0. The number of anilines is 2. The van der Waals surface area contributed by atoms with Gasteiger partial charge >= 0.3 is 0 Å². The molecule has 2 aliphatic rings. The maximum atomic E-state index is 14.5. The van der Waals surface area contributed by atoms with Gasteiger partial charge in [-0.25, -0.2) is 4.39 Å². The van der Waals surface area contributed by atoms with Gasteiger partial charge in [-0.1, -0.05) is 12.1 Å². The van der Waals surface area contributed by atoms with Gasteiger partial charge in [-0.3, -0.25) is 19.5 Å². The van der Waals surface area contributed by atoms with E-state index in [1.807, 2.05) is 18.2 Å². The Hall–Kier alpha value is -4.30. The van der Waals surface area contributed by atoms with E-state index in [-0.39, 0.29) is 11.6 Å². The van der Waals surface area contributed by atoms with E-state index in [1.165, 1.54) is 24.6 Å². The van der Waals surface area contributed by atoms with Gasteiger partial charge in [0.05, 0.1) is 23.5 Å². The number of hydrogen-bond acceptors (Lipinski definition) is 5. The van der Waals surface area contributed by atoms with Gasteiger partial charge in [0.1, 0.15) is 11.6 Å². The molecule has 0 saturated carbocycles. The number of rotatable bonds is 6. The summed E-state index contributed by atoms with van der Waals surface area (Å²) in [6.07, 6.45) is 2.05. The van der Waals surface area contributed by atoms with Gasteiger partial charge in [0, 0.05) is 35.2 Å². The van der Waals surface area contributed by atoms with E-state index in [1.54, 1.807) is 30.3 Å². The number of nitrogens with zero attached hydrogens (tertiary/aromatic N) is 2. The molecule has 0 spiro atoms. The average molecular weight is 497 g/mol. The quantitative estimate of drug-likeness (QED) is 0.392. The predicted octanol–water partition coefficient (Wildman–Crippen LogP) is 5.02. The van der Waals surface area contributed by atoms with Crippen LogP contribution in [0.5, 0.6) is 5.75 Å². The van der Waals surface area contributed by atoms with Crippen molar-refractivity contribution in [1.29, 1.82) is 0 Å². The maximum absolute atomic E-state index is 14.5. The second-order valence-electron chi connectivity index (χ2n) is 9.36.